The van der Waals surface area contributed by atoms with E-state index in [2.05, 4.69) is 6.58 Å². The molecule has 1 unspecified atom stereocenters. The van der Waals surface area contributed by atoms with Gasteiger partial charge in [-0.1, -0.05) is 12.6 Å². The van der Waals surface area contributed by atoms with Crippen LogP contribution >= 0.6 is 0 Å². The summed E-state index contributed by atoms with van der Waals surface area (Å²) in [6, 6.07) is 0.872. The average molecular weight is 176 g/mol. The van der Waals surface area contributed by atoms with Crippen molar-refractivity contribution in [2.45, 2.75) is 26.4 Å². The molecule has 0 aliphatic carbocycles. The molecule has 0 aromatic carbocycles. The molecule has 0 saturated heterocycles. The lowest BCUT2D eigenvalue weighted by Crippen LogP contribution is -2.24. The van der Waals surface area contributed by atoms with Crippen molar-refractivity contribution in [1.82, 2.24) is 0 Å². The van der Waals surface area contributed by atoms with Crippen LogP contribution in [-0.2, 0) is 4.79 Å². The maximum Gasteiger partial charge on any atom is 0.300 e. The molecule has 66 valence electrons. The Balaban J connectivity index is 0. The number of rotatable bonds is 2. The molecule has 0 aliphatic rings. The van der Waals surface area contributed by atoms with Crippen molar-refractivity contribution in [3.05, 3.63) is 12.3 Å². The van der Waals surface area contributed by atoms with Crippen LogP contribution in [0.5, 0.6) is 0 Å². The second-order valence-corrected chi connectivity index (χ2v) is 6.26. The summed E-state index contributed by atoms with van der Waals surface area (Å²) in [5.41, 5.74) is 1.69. The van der Waals surface area contributed by atoms with Crippen LogP contribution in [0, 0.1) is 0 Å². The first-order valence-corrected chi connectivity index (χ1v) is 6.14. The molecule has 0 rings (SSSR count). The highest BCUT2D eigenvalue weighted by Crippen LogP contribution is 2.02. The Morgan fingerprint density at radius 2 is 2.00 bits per heavy atom. The van der Waals surface area contributed by atoms with Gasteiger partial charge in [-0.05, 0) is 12.6 Å². The Labute approximate surface area is 68.5 Å². The van der Waals surface area contributed by atoms with Gasteiger partial charge in [0.05, 0.1) is 0 Å². The Bertz CT molecular complexity index is 128. The smallest absolute Gasteiger partial charge is 0.300 e. The number of aliphatic carboxylic acids is 1. The van der Waals surface area contributed by atoms with Gasteiger partial charge in [0.15, 0.2) is 0 Å². The minimum atomic E-state index is -1.89. The van der Waals surface area contributed by atoms with Crippen LogP contribution in [0.2, 0.25) is 12.6 Å². The molecule has 0 bridgehead atoms. The first kappa shape index (κ1) is 13.0. The summed E-state index contributed by atoms with van der Waals surface area (Å²) in [6.07, 6.45) is 0. The molecule has 4 heteroatoms. The van der Waals surface area contributed by atoms with E-state index in [0.717, 1.165) is 13.0 Å². The van der Waals surface area contributed by atoms with Crippen molar-refractivity contribution in [3.8, 4) is 0 Å². The van der Waals surface area contributed by atoms with Crippen LogP contribution in [0.15, 0.2) is 12.3 Å². The largest absolute Gasteiger partial charge is 0.481 e. The summed E-state index contributed by atoms with van der Waals surface area (Å²) in [4.78, 5) is 18.2. The number of hydrogen-bond donors (Lipinski definition) is 2. The summed E-state index contributed by atoms with van der Waals surface area (Å²) in [7, 11) is -1.89. The first-order chi connectivity index (χ1) is 4.85. The van der Waals surface area contributed by atoms with Gasteiger partial charge in [-0.3, -0.25) is 4.79 Å². The van der Waals surface area contributed by atoms with Crippen LogP contribution in [0.25, 0.3) is 0 Å². The number of carboxylic acid groups (broad SMARTS) is 1. The Hall–Kier alpha value is -0.613. The number of carbonyl (C=O) groups is 1. The summed E-state index contributed by atoms with van der Waals surface area (Å²) < 4.78 is 0. The van der Waals surface area contributed by atoms with Gasteiger partial charge in [-0.25, -0.2) is 0 Å². The van der Waals surface area contributed by atoms with Crippen molar-refractivity contribution in [2.24, 2.45) is 0 Å². The first-order valence-electron chi connectivity index (χ1n) is 3.41. The molecule has 0 fully saturated rings. The highest BCUT2D eigenvalue weighted by molar-refractivity contribution is 6.76. The van der Waals surface area contributed by atoms with Gasteiger partial charge in [0, 0.05) is 6.92 Å². The second-order valence-electron chi connectivity index (χ2n) is 2.43. The molecule has 0 aromatic heterocycles. The molecule has 2 N–H and O–H groups in total. The van der Waals surface area contributed by atoms with Gasteiger partial charge in [-0.2, -0.15) is 0 Å². The monoisotopic (exact) mass is 176 g/mol. The van der Waals surface area contributed by atoms with E-state index in [4.69, 9.17) is 14.7 Å². The van der Waals surface area contributed by atoms with Gasteiger partial charge in [0.2, 0.25) is 8.32 Å². The quantitative estimate of drug-likeness (QED) is 0.625. The van der Waals surface area contributed by atoms with Gasteiger partial charge in [-0.15, -0.1) is 6.58 Å². The van der Waals surface area contributed by atoms with Crippen molar-refractivity contribution < 1.29 is 14.7 Å². The van der Waals surface area contributed by atoms with Gasteiger partial charge >= 0.3 is 0 Å². The third-order valence-corrected chi connectivity index (χ3v) is 3.47. The van der Waals surface area contributed by atoms with E-state index >= 15 is 0 Å². The van der Waals surface area contributed by atoms with E-state index in [-0.39, 0.29) is 0 Å². The standard InChI is InChI=1S/C5H12OSi.C2H4O2/c1-4-7(3,6)5-2;1-2(3)4/h4,6H,1,5H2,2-3H3;1H3,(H,3,4). The minimum Gasteiger partial charge on any atom is -0.481 e. The zero-order valence-electron chi connectivity index (χ0n) is 7.29. The summed E-state index contributed by atoms with van der Waals surface area (Å²) in [6.45, 7) is 8.45. The predicted molar refractivity (Wildman–Crippen MR) is 47.8 cm³/mol. The third kappa shape index (κ3) is 17.7. The molecule has 0 heterocycles. The lowest BCUT2D eigenvalue weighted by atomic mass is 10.9. The lowest BCUT2D eigenvalue weighted by Gasteiger charge is -2.09. The molecular weight excluding hydrogens is 160 g/mol. The van der Waals surface area contributed by atoms with E-state index in [1.807, 2.05) is 13.5 Å². The summed E-state index contributed by atoms with van der Waals surface area (Å²) in [5.74, 6) is -0.833. The average Bonchev–Trinajstić information content (AvgIpc) is 1.87. The fourth-order valence-electron chi connectivity index (χ4n) is 0.144. The highest BCUT2D eigenvalue weighted by atomic mass is 28.4. The Kier molecular flexibility index (Phi) is 7.24. The van der Waals surface area contributed by atoms with E-state index < -0.39 is 14.3 Å². The molecule has 0 aromatic rings. The second kappa shape index (κ2) is 6.12. The number of hydrogen-bond acceptors (Lipinski definition) is 2. The highest BCUT2D eigenvalue weighted by Gasteiger charge is 2.14. The van der Waals surface area contributed by atoms with Crippen LogP contribution < -0.4 is 0 Å². The minimum absolute atomic E-state index is 0.833. The molecule has 1 atom stereocenters. The topological polar surface area (TPSA) is 57.5 Å². The lowest BCUT2D eigenvalue weighted by molar-refractivity contribution is -0.134. The van der Waals surface area contributed by atoms with Crippen molar-refractivity contribution in [2.75, 3.05) is 0 Å². The fourth-order valence-corrected chi connectivity index (χ4v) is 0.433. The Morgan fingerprint density at radius 3 is 2.00 bits per heavy atom. The molecular formula is C7H16O3Si. The van der Waals surface area contributed by atoms with Crippen LogP contribution in [-0.4, -0.2) is 24.2 Å². The molecule has 0 spiro atoms. The van der Waals surface area contributed by atoms with Gasteiger partial charge in [0.1, 0.15) is 0 Å². The fraction of sp³-hybridized carbons (Fsp3) is 0.571. The molecule has 11 heavy (non-hydrogen) atoms. The predicted octanol–water partition coefficient (Wildman–Crippen LogP) is 1.39. The van der Waals surface area contributed by atoms with Gasteiger partial charge < -0.3 is 9.90 Å². The van der Waals surface area contributed by atoms with Crippen LogP contribution in [0.4, 0.5) is 0 Å². The third-order valence-electron chi connectivity index (χ3n) is 1.16. The van der Waals surface area contributed by atoms with Gasteiger partial charge in [0.25, 0.3) is 5.97 Å². The SMILES string of the molecule is C=C[Si](C)(O)CC.CC(=O)O. The normalized spacial score (nSPS) is 13.8. The maximum atomic E-state index is 9.15. The maximum absolute atomic E-state index is 9.15. The zero-order valence-corrected chi connectivity index (χ0v) is 8.29. The van der Waals surface area contributed by atoms with Crippen molar-refractivity contribution in [3.63, 3.8) is 0 Å². The molecule has 0 saturated carbocycles. The zero-order chi connectivity index (χ0) is 9.49. The van der Waals surface area contributed by atoms with Crippen LogP contribution in [0.1, 0.15) is 13.8 Å². The van der Waals surface area contributed by atoms with E-state index in [9.17, 15) is 0 Å². The van der Waals surface area contributed by atoms with Crippen LogP contribution in [0.3, 0.4) is 0 Å². The van der Waals surface area contributed by atoms with E-state index in [1.54, 1.807) is 5.70 Å². The summed E-state index contributed by atoms with van der Waals surface area (Å²) >= 11 is 0. The van der Waals surface area contributed by atoms with E-state index in [1.165, 1.54) is 0 Å². The van der Waals surface area contributed by atoms with Crippen molar-refractivity contribution in [1.29, 1.82) is 0 Å². The molecule has 0 aliphatic heterocycles. The van der Waals surface area contributed by atoms with E-state index in [0.29, 0.717) is 0 Å². The molecule has 0 amide bonds. The molecule has 3 nitrogen and oxygen atoms in total. The number of carboxylic acids is 1. The Morgan fingerprint density at radius 1 is 1.73 bits per heavy atom. The molecule has 0 radical (unpaired) electrons. The van der Waals surface area contributed by atoms with Crippen molar-refractivity contribution >= 4 is 14.3 Å². The summed E-state index contributed by atoms with van der Waals surface area (Å²) in [5, 5.41) is 7.42.